The summed E-state index contributed by atoms with van der Waals surface area (Å²) in [5.74, 6) is 2.84. The van der Waals surface area contributed by atoms with E-state index in [0.717, 1.165) is 31.2 Å². The van der Waals surface area contributed by atoms with Crippen molar-refractivity contribution in [3.8, 4) is 0 Å². The zero-order valence-corrected chi connectivity index (χ0v) is 9.85. The number of thioether (sulfide) groups is 1. The highest BCUT2D eigenvalue weighted by molar-refractivity contribution is 7.99. The number of aryl methyl sites for hydroxylation is 1. The fourth-order valence-electron chi connectivity index (χ4n) is 1.69. The molecule has 2 rings (SSSR count). The molecular formula is C10H17N3OS. The van der Waals surface area contributed by atoms with Crippen molar-refractivity contribution in [1.82, 2.24) is 15.5 Å². The standard InChI is InChI=1S/C10H17N3OS/c1-11-6-2-5-9-12-13-10(14-9)8-4-3-7-15-8/h8,11H,2-7H2,1H3. The quantitative estimate of drug-likeness (QED) is 0.777. The van der Waals surface area contributed by atoms with Crippen LogP contribution in [-0.2, 0) is 6.42 Å². The van der Waals surface area contributed by atoms with Gasteiger partial charge < -0.3 is 9.73 Å². The fraction of sp³-hybridized carbons (Fsp3) is 0.800. The third kappa shape index (κ3) is 2.95. The van der Waals surface area contributed by atoms with Crippen LogP contribution in [0, 0.1) is 0 Å². The Morgan fingerprint density at radius 2 is 2.47 bits per heavy atom. The minimum absolute atomic E-state index is 0.454. The molecule has 5 heteroatoms. The summed E-state index contributed by atoms with van der Waals surface area (Å²) in [4.78, 5) is 0. The molecule has 15 heavy (non-hydrogen) atoms. The molecule has 1 unspecified atom stereocenters. The fourth-order valence-corrected chi connectivity index (χ4v) is 2.88. The van der Waals surface area contributed by atoms with Crippen molar-refractivity contribution in [2.24, 2.45) is 0 Å². The molecule has 84 valence electrons. The van der Waals surface area contributed by atoms with Gasteiger partial charge in [-0.25, -0.2) is 0 Å². The second-order valence-electron chi connectivity index (χ2n) is 3.74. The number of nitrogens with zero attached hydrogens (tertiary/aromatic N) is 2. The molecule has 2 heterocycles. The SMILES string of the molecule is CNCCCc1nnc(C2CCCS2)o1. The lowest BCUT2D eigenvalue weighted by atomic mass is 10.2. The van der Waals surface area contributed by atoms with Crippen LogP contribution in [0.2, 0.25) is 0 Å². The molecule has 0 saturated carbocycles. The van der Waals surface area contributed by atoms with Crippen molar-refractivity contribution in [3.05, 3.63) is 11.8 Å². The van der Waals surface area contributed by atoms with E-state index in [4.69, 9.17) is 4.42 Å². The lowest BCUT2D eigenvalue weighted by Crippen LogP contribution is -2.08. The zero-order chi connectivity index (χ0) is 10.5. The van der Waals surface area contributed by atoms with Gasteiger partial charge in [-0.05, 0) is 38.6 Å². The summed E-state index contributed by atoms with van der Waals surface area (Å²) in [6.45, 7) is 0.996. The van der Waals surface area contributed by atoms with Gasteiger partial charge in [0, 0.05) is 6.42 Å². The van der Waals surface area contributed by atoms with E-state index in [1.54, 1.807) is 0 Å². The highest BCUT2D eigenvalue weighted by atomic mass is 32.2. The maximum atomic E-state index is 5.64. The van der Waals surface area contributed by atoms with Crippen LogP contribution in [0.25, 0.3) is 0 Å². The summed E-state index contributed by atoms with van der Waals surface area (Å²) >= 11 is 1.93. The maximum absolute atomic E-state index is 5.64. The molecule has 0 bridgehead atoms. The van der Waals surface area contributed by atoms with E-state index in [0.29, 0.717) is 5.25 Å². The smallest absolute Gasteiger partial charge is 0.229 e. The Morgan fingerprint density at radius 1 is 1.53 bits per heavy atom. The van der Waals surface area contributed by atoms with E-state index >= 15 is 0 Å². The molecule has 0 amide bonds. The first kappa shape index (κ1) is 11.0. The van der Waals surface area contributed by atoms with Gasteiger partial charge in [-0.3, -0.25) is 0 Å². The number of hydrogen-bond donors (Lipinski definition) is 1. The number of nitrogens with one attached hydrogen (secondary N) is 1. The van der Waals surface area contributed by atoms with Gasteiger partial charge in [0.2, 0.25) is 11.8 Å². The van der Waals surface area contributed by atoms with Gasteiger partial charge >= 0.3 is 0 Å². The molecule has 0 aliphatic carbocycles. The van der Waals surface area contributed by atoms with Crippen molar-refractivity contribution < 1.29 is 4.42 Å². The van der Waals surface area contributed by atoms with E-state index in [-0.39, 0.29) is 0 Å². The zero-order valence-electron chi connectivity index (χ0n) is 9.03. The van der Waals surface area contributed by atoms with Crippen LogP contribution in [0.5, 0.6) is 0 Å². The van der Waals surface area contributed by atoms with Crippen LogP contribution >= 0.6 is 11.8 Å². The molecule has 0 aromatic carbocycles. The third-order valence-electron chi connectivity index (χ3n) is 2.51. The Hall–Kier alpha value is -0.550. The summed E-state index contributed by atoms with van der Waals surface area (Å²) in [6, 6.07) is 0. The van der Waals surface area contributed by atoms with Gasteiger partial charge in [-0.15, -0.1) is 22.0 Å². The van der Waals surface area contributed by atoms with E-state index in [9.17, 15) is 0 Å². The summed E-state index contributed by atoms with van der Waals surface area (Å²) in [5.41, 5.74) is 0. The average Bonchev–Trinajstić information content (AvgIpc) is 2.87. The van der Waals surface area contributed by atoms with E-state index in [2.05, 4.69) is 15.5 Å². The van der Waals surface area contributed by atoms with Crippen LogP contribution in [0.1, 0.15) is 36.3 Å². The van der Waals surface area contributed by atoms with Gasteiger partial charge in [-0.1, -0.05) is 0 Å². The topological polar surface area (TPSA) is 51.0 Å². The molecule has 4 nitrogen and oxygen atoms in total. The number of rotatable bonds is 5. The van der Waals surface area contributed by atoms with Gasteiger partial charge in [-0.2, -0.15) is 0 Å². The van der Waals surface area contributed by atoms with Gasteiger partial charge in [0.1, 0.15) is 0 Å². The molecule has 1 atom stereocenters. The molecule has 1 aliphatic heterocycles. The minimum Gasteiger partial charge on any atom is -0.424 e. The van der Waals surface area contributed by atoms with Gasteiger partial charge in [0.25, 0.3) is 0 Å². The van der Waals surface area contributed by atoms with Crippen LogP contribution < -0.4 is 5.32 Å². The first-order chi connectivity index (χ1) is 7.40. The highest BCUT2D eigenvalue weighted by Crippen LogP contribution is 2.38. The second-order valence-corrected chi connectivity index (χ2v) is 5.05. The Labute approximate surface area is 94.2 Å². The maximum Gasteiger partial charge on any atom is 0.229 e. The molecule has 1 aromatic heterocycles. The minimum atomic E-state index is 0.454. The Bertz CT molecular complexity index is 297. The summed E-state index contributed by atoms with van der Waals surface area (Å²) in [7, 11) is 1.95. The van der Waals surface area contributed by atoms with Crippen molar-refractivity contribution in [2.45, 2.75) is 30.9 Å². The lowest BCUT2D eigenvalue weighted by Gasteiger charge is -2.00. The Kier molecular flexibility index (Phi) is 4.02. The van der Waals surface area contributed by atoms with Crippen LogP contribution in [0.3, 0.4) is 0 Å². The summed E-state index contributed by atoms with van der Waals surface area (Å²) in [5, 5.41) is 11.8. The molecular weight excluding hydrogens is 210 g/mol. The highest BCUT2D eigenvalue weighted by Gasteiger charge is 2.23. The molecule has 1 fully saturated rings. The molecule has 1 aliphatic rings. The monoisotopic (exact) mass is 227 g/mol. The third-order valence-corrected chi connectivity index (χ3v) is 3.87. The van der Waals surface area contributed by atoms with Crippen LogP contribution in [-0.4, -0.2) is 29.5 Å². The Morgan fingerprint density at radius 3 is 3.20 bits per heavy atom. The Balaban J connectivity index is 1.86. The summed E-state index contributed by atoms with van der Waals surface area (Å²) in [6.07, 6.45) is 4.39. The van der Waals surface area contributed by atoms with Crippen molar-refractivity contribution in [2.75, 3.05) is 19.3 Å². The van der Waals surface area contributed by atoms with E-state index in [1.165, 1.54) is 18.6 Å². The first-order valence-corrected chi connectivity index (χ1v) is 6.53. The lowest BCUT2D eigenvalue weighted by molar-refractivity contribution is 0.438. The van der Waals surface area contributed by atoms with Crippen LogP contribution in [0.4, 0.5) is 0 Å². The predicted molar refractivity (Wildman–Crippen MR) is 61.0 cm³/mol. The second kappa shape index (κ2) is 5.51. The largest absolute Gasteiger partial charge is 0.424 e. The van der Waals surface area contributed by atoms with Gasteiger partial charge in [0.05, 0.1) is 5.25 Å². The molecule has 1 saturated heterocycles. The molecule has 0 radical (unpaired) electrons. The van der Waals surface area contributed by atoms with E-state index in [1.807, 2.05) is 18.8 Å². The first-order valence-electron chi connectivity index (χ1n) is 5.48. The van der Waals surface area contributed by atoms with Crippen LogP contribution in [0.15, 0.2) is 4.42 Å². The molecule has 1 aromatic rings. The van der Waals surface area contributed by atoms with Gasteiger partial charge in [0.15, 0.2) is 0 Å². The number of aromatic nitrogens is 2. The van der Waals surface area contributed by atoms with Crippen molar-refractivity contribution >= 4 is 11.8 Å². The number of hydrogen-bond acceptors (Lipinski definition) is 5. The van der Waals surface area contributed by atoms with Crippen molar-refractivity contribution in [3.63, 3.8) is 0 Å². The molecule has 0 spiro atoms. The molecule has 1 N–H and O–H groups in total. The average molecular weight is 227 g/mol. The van der Waals surface area contributed by atoms with E-state index < -0.39 is 0 Å². The summed E-state index contributed by atoms with van der Waals surface area (Å²) < 4.78 is 5.64. The predicted octanol–water partition coefficient (Wildman–Crippen LogP) is 1.79. The van der Waals surface area contributed by atoms with Crippen molar-refractivity contribution in [1.29, 1.82) is 0 Å². The normalized spacial score (nSPS) is 21.0.